The van der Waals surface area contributed by atoms with E-state index in [4.69, 9.17) is 9.47 Å². The highest BCUT2D eigenvalue weighted by Gasteiger charge is 2.26. The van der Waals surface area contributed by atoms with Crippen molar-refractivity contribution in [1.82, 2.24) is 4.72 Å². The number of nitrogens with one attached hydrogen (secondary N) is 1. The number of carbonyl (C=O) groups is 1. The van der Waals surface area contributed by atoms with Gasteiger partial charge in [-0.25, -0.2) is 21.9 Å². The summed E-state index contributed by atoms with van der Waals surface area (Å²) >= 11 is 0. The molecule has 1 aliphatic heterocycles. The third-order valence-corrected chi connectivity index (χ3v) is 4.57. The van der Waals surface area contributed by atoms with E-state index in [0.29, 0.717) is 24.5 Å². The van der Waals surface area contributed by atoms with Crippen LogP contribution in [0.2, 0.25) is 0 Å². The first-order valence-corrected chi connectivity index (χ1v) is 8.27. The van der Waals surface area contributed by atoms with E-state index < -0.39 is 32.5 Å². The normalized spacial score (nSPS) is 13.4. The van der Waals surface area contributed by atoms with Crippen LogP contribution in [0.4, 0.5) is 8.78 Å². The van der Waals surface area contributed by atoms with E-state index in [1.54, 1.807) is 10.8 Å². The molecule has 1 aliphatic rings. The molecule has 0 saturated heterocycles. The number of hydrogen-bond acceptors (Lipinski definition) is 5. The third kappa shape index (κ3) is 3.02. The standard InChI is InChI=1S/C15H11F2NO5S/c16-9-4-5-11(17)13(8-9)24(20,21)18-15(19)10-2-1-3-12-14(10)23-7-6-22-12/h1-5,8H,6-7H2,(H,18,19). The van der Waals surface area contributed by atoms with Gasteiger partial charge in [-0.15, -0.1) is 0 Å². The van der Waals surface area contributed by atoms with Crippen molar-refractivity contribution in [3.63, 3.8) is 0 Å². The highest BCUT2D eigenvalue weighted by Crippen LogP contribution is 2.33. The predicted octanol–water partition coefficient (Wildman–Crippen LogP) is 1.85. The molecule has 3 rings (SSSR count). The van der Waals surface area contributed by atoms with E-state index in [0.717, 1.165) is 6.07 Å². The van der Waals surface area contributed by atoms with Crippen LogP contribution < -0.4 is 14.2 Å². The Kier molecular flexibility index (Phi) is 4.10. The first kappa shape index (κ1) is 16.2. The molecule has 0 bridgehead atoms. The summed E-state index contributed by atoms with van der Waals surface area (Å²) in [6.45, 7) is 0.493. The maximum Gasteiger partial charge on any atom is 0.268 e. The zero-order valence-electron chi connectivity index (χ0n) is 12.1. The molecule has 126 valence electrons. The summed E-state index contributed by atoms with van der Waals surface area (Å²) in [5.74, 6) is -2.77. The summed E-state index contributed by atoms with van der Waals surface area (Å²) in [6.07, 6.45) is 0. The van der Waals surface area contributed by atoms with Gasteiger partial charge >= 0.3 is 0 Å². The average Bonchev–Trinajstić information content (AvgIpc) is 2.56. The molecule has 9 heteroatoms. The Morgan fingerprint density at radius 1 is 1.08 bits per heavy atom. The lowest BCUT2D eigenvalue weighted by Gasteiger charge is -2.20. The number of rotatable bonds is 3. The Balaban J connectivity index is 1.94. The zero-order valence-corrected chi connectivity index (χ0v) is 12.9. The van der Waals surface area contributed by atoms with Gasteiger partial charge in [-0.1, -0.05) is 6.07 Å². The number of benzene rings is 2. The van der Waals surface area contributed by atoms with Crippen LogP contribution in [0.25, 0.3) is 0 Å². The maximum absolute atomic E-state index is 13.6. The smallest absolute Gasteiger partial charge is 0.268 e. The molecule has 0 aliphatic carbocycles. The first-order valence-electron chi connectivity index (χ1n) is 6.79. The van der Waals surface area contributed by atoms with Crippen LogP contribution in [0.3, 0.4) is 0 Å². The molecule has 0 saturated carbocycles. The van der Waals surface area contributed by atoms with Gasteiger partial charge in [0, 0.05) is 0 Å². The lowest BCUT2D eigenvalue weighted by Crippen LogP contribution is -2.32. The number of sulfonamides is 1. The summed E-state index contributed by atoms with van der Waals surface area (Å²) in [4.78, 5) is 11.3. The van der Waals surface area contributed by atoms with Crippen LogP contribution >= 0.6 is 0 Å². The van der Waals surface area contributed by atoms with Crippen molar-refractivity contribution in [2.75, 3.05) is 13.2 Å². The number of ether oxygens (including phenoxy) is 2. The number of fused-ring (bicyclic) bond motifs is 1. The van der Waals surface area contributed by atoms with Crippen LogP contribution in [-0.4, -0.2) is 27.5 Å². The molecule has 2 aromatic carbocycles. The topological polar surface area (TPSA) is 81.7 Å². The molecule has 1 N–H and O–H groups in total. The first-order chi connectivity index (χ1) is 11.4. The van der Waals surface area contributed by atoms with E-state index >= 15 is 0 Å². The van der Waals surface area contributed by atoms with Gasteiger partial charge in [0.15, 0.2) is 11.5 Å². The third-order valence-electron chi connectivity index (χ3n) is 3.22. The molecule has 0 atom stereocenters. The fourth-order valence-electron chi connectivity index (χ4n) is 2.17. The van der Waals surface area contributed by atoms with E-state index in [2.05, 4.69) is 0 Å². The molecule has 0 aromatic heterocycles. The van der Waals surface area contributed by atoms with Crippen LogP contribution in [-0.2, 0) is 10.0 Å². The van der Waals surface area contributed by atoms with Crippen molar-refractivity contribution in [3.05, 3.63) is 53.6 Å². The Morgan fingerprint density at radius 3 is 2.62 bits per heavy atom. The number of amides is 1. The number of carbonyl (C=O) groups excluding carboxylic acids is 1. The van der Waals surface area contributed by atoms with Gasteiger partial charge < -0.3 is 9.47 Å². The highest BCUT2D eigenvalue weighted by molar-refractivity contribution is 7.90. The minimum absolute atomic E-state index is 0.0902. The average molecular weight is 355 g/mol. The van der Waals surface area contributed by atoms with E-state index in [9.17, 15) is 22.0 Å². The van der Waals surface area contributed by atoms with Crippen molar-refractivity contribution in [3.8, 4) is 11.5 Å². The molecule has 2 aromatic rings. The number of halogens is 2. The molecule has 0 fully saturated rings. The highest BCUT2D eigenvalue weighted by atomic mass is 32.2. The van der Waals surface area contributed by atoms with Crippen molar-refractivity contribution >= 4 is 15.9 Å². The van der Waals surface area contributed by atoms with Gasteiger partial charge in [0.05, 0.1) is 5.56 Å². The van der Waals surface area contributed by atoms with Crippen molar-refractivity contribution in [2.24, 2.45) is 0 Å². The van der Waals surface area contributed by atoms with Gasteiger partial charge in [-0.3, -0.25) is 4.79 Å². The zero-order chi connectivity index (χ0) is 17.3. The van der Waals surface area contributed by atoms with Crippen LogP contribution in [0, 0.1) is 11.6 Å². The molecule has 1 amide bonds. The molecular weight excluding hydrogens is 344 g/mol. The summed E-state index contributed by atoms with van der Waals surface area (Å²) in [5.41, 5.74) is -0.0902. The Labute approximate surface area is 136 Å². The summed E-state index contributed by atoms with van der Waals surface area (Å²) in [5, 5.41) is 0. The number of para-hydroxylation sites is 1. The Morgan fingerprint density at radius 2 is 1.83 bits per heavy atom. The minimum Gasteiger partial charge on any atom is -0.486 e. The minimum atomic E-state index is -4.60. The monoisotopic (exact) mass is 355 g/mol. The molecule has 0 spiro atoms. The van der Waals surface area contributed by atoms with Crippen LogP contribution in [0.5, 0.6) is 11.5 Å². The molecular formula is C15H11F2NO5S. The van der Waals surface area contributed by atoms with Crippen LogP contribution in [0.1, 0.15) is 10.4 Å². The molecule has 0 unspecified atom stereocenters. The summed E-state index contributed by atoms with van der Waals surface area (Å²) in [6, 6.07) is 6.31. The fraction of sp³-hybridized carbons (Fsp3) is 0.133. The quantitative estimate of drug-likeness (QED) is 0.909. The maximum atomic E-state index is 13.6. The van der Waals surface area contributed by atoms with Gasteiger partial charge in [0.25, 0.3) is 15.9 Å². The molecule has 6 nitrogen and oxygen atoms in total. The van der Waals surface area contributed by atoms with Crippen molar-refractivity contribution < 1.29 is 31.5 Å². The van der Waals surface area contributed by atoms with Gasteiger partial charge in [0.1, 0.15) is 29.7 Å². The summed E-state index contributed by atoms with van der Waals surface area (Å²) in [7, 11) is -4.60. The summed E-state index contributed by atoms with van der Waals surface area (Å²) < 4.78 is 63.4. The lowest BCUT2D eigenvalue weighted by molar-refractivity contribution is 0.0970. The Bertz CT molecular complexity index is 914. The Hall–Kier alpha value is -2.68. The second-order valence-electron chi connectivity index (χ2n) is 4.84. The van der Waals surface area contributed by atoms with E-state index in [1.807, 2.05) is 0 Å². The van der Waals surface area contributed by atoms with Crippen molar-refractivity contribution in [2.45, 2.75) is 4.90 Å². The molecule has 0 radical (unpaired) electrons. The molecule has 1 heterocycles. The fourth-order valence-corrected chi connectivity index (χ4v) is 3.22. The van der Waals surface area contributed by atoms with Gasteiger partial charge in [0.2, 0.25) is 0 Å². The van der Waals surface area contributed by atoms with Crippen molar-refractivity contribution in [1.29, 1.82) is 0 Å². The SMILES string of the molecule is O=C(NS(=O)(=O)c1cc(F)ccc1F)c1cccc2c1OCCO2. The van der Waals surface area contributed by atoms with E-state index in [-0.39, 0.29) is 17.9 Å². The van der Waals surface area contributed by atoms with E-state index in [1.165, 1.54) is 12.1 Å². The largest absolute Gasteiger partial charge is 0.486 e. The molecule has 24 heavy (non-hydrogen) atoms. The van der Waals surface area contributed by atoms with Gasteiger partial charge in [-0.05, 0) is 30.3 Å². The lowest BCUT2D eigenvalue weighted by atomic mass is 10.1. The second-order valence-corrected chi connectivity index (χ2v) is 6.49. The number of hydrogen-bond donors (Lipinski definition) is 1. The predicted molar refractivity (Wildman–Crippen MR) is 78.4 cm³/mol. The second kappa shape index (κ2) is 6.08. The van der Waals surface area contributed by atoms with Crippen LogP contribution in [0.15, 0.2) is 41.3 Å². The van der Waals surface area contributed by atoms with Gasteiger partial charge in [-0.2, -0.15) is 0 Å².